The van der Waals surface area contributed by atoms with Gasteiger partial charge in [0.05, 0.1) is 17.6 Å². The molecular weight excluding hydrogens is 434 g/mol. The SMILES string of the molecule is O=C(NCC(=O)N1CCC(c2noc(-c3cc4cc(Cl)ccn4n3)n2)C1)c1cccnc1. The Bertz CT molecular complexity index is 1290. The lowest BCUT2D eigenvalue weighted by molar-refractivity contribution is -0.129. The molecule has 11 heteroatoms. The van der Waals surface area contributed by atoms with Gasteiger partial charge >= 0.3 is 0 Å². The van der Waals surface area contributed by atoms with Gasteiger partial charge in [0.25, 0.3) is 11.8 Å². The second kappa shape index (κ2) is 8.39. The lowest BCUT2D eigenvalue weighted by Gasteiger charge is -2.16. The van der Waals surface area contributed by atoms with Crippen molar-refractivity contribution in [3.63, 3.8) is 0 Å². The second-order valence-electron chi connectivity index (χ2n) is 7.45. The van der Waals surface area contributed by atoms with Gasteiger partial charge in [-0.05, 0) is 36.8 Å². The first-order chi connectivity index (χ1) is 15.6. The summed E-state index contributed by atoms with van der Waals surface area (Å²) in [5.41, 5.74) is 1.78. The van der Waals surface area contributed by atoms with Crippen LogP contribution in [-0.2, 0) is 4.79 Å². The zero-order valence-corrected chi connectivity index (χ0v) is 17.6. The molecule has 0 aliphatic carbocycles. The molecule has 0 saturated carbocycles. The van der Waals surface area contributed by atoms with E-state index in [1.165, 1.54) is 6.20 Å². The summed E-state index contributed by atoms with van der Waals surface area (Å²) in [6, 6.07) is 8.67. The number of amides is 2. The summed E-state index contributed by atoms with van der Waals surface area (Å²) < 4.78 is 7.09. The molecule has 1 unspecified atom stereocenters. The van der Waals surface area contributed by atoms with E-state index in [9.17, 15) is 9.59 Å². The van der Waals surface area contributed by atoms with Crippen molar-refractivity contribution >= 4 is 28.9 Å². The van der Waals surface area contributed by atoms with Crippen LogP contribution in [0, 0.1) is 0 Å². The average molecular weight is 452 g/mol. The Morgan fingerprint density at radius 1 is 1.28 bits per heavy atom. The summed E-state index contributed by atoms with van der Waals surface area (Å²) in [6.07, 6.45) is 5.51. The van der Waals surface area contributed by atoms with Crippen LogP contribution in [0.5, 0.6) is 0 Å². The smallest absolute Gasteiger partial charge is 0.278 e. The molecule has 2 amide bonds. The maximum Gasteiger partial charge on any atom is 0.278 e. The highest BCUT2D eigenvalue weighted by Crippen LogP contribution is 2.27. The lowest BCUT2D eigenvalue weighted by Crippen LogP contribution is -2.39. The highest BCUT2D eigenvalue weighted by atomic mass is 35.5. The van der Waals surface area contributed by atoms with Gasteiger partial charge in [-0.1, -0.05) is 16.8 Å². The first kappa shape index (κ1) is 20.1. The van der Waals surface area contributed by atoms with Gasteiger partial charge in [-0.15, -0.1) is 0 Å². The molecule has 1 aliphatic rings. The number of halogens is 1. The predicted molar refractivity (Wildman–Crippen MR) is 114 cm³/mol. The third-order valence-electron chi connectivity index (χ3n) is 5.32. The molecule has 10 nitrogen and oxygen atoms in total. The summed E-state index contributed by atoms with van der Waals surface area (Å²) in [4.78, 5) is 34.7. The van der Waals surface area contributed by atoms with Gasteiger partial charge in [0, 0.05) is 42.6 Å². The maximum atomic E-state index is 12.5. The molecule has 4 aromatic heterocycles. The number of fused-ring (bicyclic) bond motifs is 1. The molecular formula is C21H18ClN7O3. The van der Waals surface area contributed by atoms with Crippen molar-refractivity contribution < 1.29 is 14.1 Å². The number of hydrogen-bond donors (Lipinski definition) is 1. The molecule has 1 saturated heterocycles. The fraction of sp³-hybridized carbons (Fsp3) is 0.238. The minimum Gasteiger partial charge on any atom is -0.343 e. The number of nitrogens with one attached hydrogen (secondary N) is 1. The minimum atomic E-state index is -0.334. The summed E-state index contributed by atoms with van der Waals surface area (Å²) >= 11 is 6.02. The van der Waals surface area contributed by atoms with Gasteiger partial charge in [-0.3, -0.25) is 14.6 Å². The van der Waals surface area contributed by atoms with Gasteiger partial charge in [0.15, 0.2) is 11.5 Å². The van der Waals surface area contributed by atoms with Crippen molar-refractivity contribution in [1.82, 2.24) is 35.0 Å². The number of nitrogens with zero attached hydrogens (tertiary/aromatic N) is 6. The summed E-state index contributed by atoms with van der Waals surface area (Å²) in [6.45, 7) is 0.937. The van der Waals surface area contributed by atoms with E-state index in [1.54, 1.807) is 46.1 Å². The fourth-order valence-corrected chi connectivity index (χ4v) is 3.81. The standard InChI is InChI=1S/C21H18ClN7O3/c22-15-4-7-29-16(8-15)9-17(26-29)21-25-19(27-32-21)14-3-6-28(12-14)18(30)11-24-20(31)13-2-1-5-23-10-13/h1-2,4-5,7-10,14H,3,6,11-12H2,(H,24,31). The van der Waals surface area contributed by atoms with Crippen LogP contribution in [0.15, 0.2) is 53.4 Å². The van der Waals surface area contributed by atoms with Crippen molar-refractivity contribution in [2.75, 3.05) is 19.6 Å². The van der Waals surface area contributed by atoms with E-state index >= 15 is 0 Å². The Balaban J connectivity index is 1.20. The molecule has 0 bridgehead atoms. The van der Waals surface area contributed by atoms with Gasteiger partial charge in [-0.25, -0.2) is 4.52 Å². The van der Waals surface area contributed by atoms with Crippen molar-refractivity contribution in [2.45, 2.75) is 12.3 Å². The number of carbonyl (C=O) groups excluding carboxylic acids is 2. The van der Waals surface area contributed by atoms with Crippen molar-refractivity contribution in [1.29, 1.82) is 0 Å². The van der Waals surface area contributed by atoms with Crippen LogP contribution >= 0.6 is 11.6 Å². The largest absolute Gasteiger partial charge is 0.343 e. The number of aromatic nitrogens is 5. The number of likely N-dealkylation sites (tertiary alicyclic amines) is 1. The van der Waals surface area contributed by atoms with Gasteiger partial charge < -0.3 is 14.7 Å². The first-order valence-corrected chi connectivity index (χ1v) is 10.4. The number of carbonyl (C=O) groups is 2. The van der Waals surface area contributed by atoms with E-state index in [2.05, 4.69) is 25.5 Å². The highest BCUT2D eigenvalue weighted by Gasteiger charge is 2.31. The molecule has 0 aromatic carbocycles. The van der Waals surface area contributed by atoms with Crippen LogP contribution in [0.25, 0.3) is 17.1 Å². The summed E-state index contributed by atoms with van der Waals surface area (Å²) in [7, 11) is 0. The Morgan fingerprint density at radius 3 is 3.03 bits per heavy atom. The lowest BCUT2D eigenvalue weighted by atomic mass is 10.1. The zero-order valence-electron chi connectivity index (χ0n) is 16.8. The molecule has 0 spiro atoms. The normalized spacial score (nSPS) is 15.9. The molecule has 1 atom stereocenters. The van der Waals surface area contributed by atoms with Crippen LogP contribution in [0.1, 0.15) is 28.5 Å². The van der Waals surface area contributed by atoms with E-state index in [0.29, 0.717) is 47.5 Å². The molecule has 1 fully saturated rings. The monoisotopic (exact) mass is 451 g/mol. The van der Waals surface area contributed by atoms with Crippen LogP contribution in [0.2, 0.25) is 5.02 Å². The Labute approximate surface area is 187 Å². The highest BCUT2D eigenvalue weighted by molar-refractivity contribution is 6.30. The minimum absolute atomic E-state index is 0.0445. The van der Waals surface area contributed by atoms with Crippen LogP contribution in [-0.4, -0.2) is 61.1 Å². The Morgan fingerprint density at radius 2 is 2.19 bits per heavy atom. The van der Waals surface area contributed by atoms with E-state index in [1.807, 2.05) is 6.07 Å². The molecule has 4 aromatic rings. The van der Waals surface area contributed by atoms with Crippen molar-refractivity contribution in [3.05, 3.63) is 65.3 Å². The Kier molecular flexibility index (Phi) is 5.28. The second-order valence-corrected chi connectivity index (χ2v) is 7.89. The molecule has 5 heterocycles. The molecule has 5 rings (SSSR count). The first-order valence-electron chi connectivity index (χ1n) is 10.0. The van der Waals surface area contributed by atoms with Gasteiger partial charge in [0.2, 0.25) is 5.91 Å². The Hall–Kier alpha value is -3.79. The van der Waals surface area contributed by atoms with E-state index in [-0.39, 0.29) is 24.3 Å². The maximum absolute atomic E-state index is 12.5. The van der Waals surface area contributed by atoms with E-state index < -0.39 is 0 Å². The third-order valence-corrected chi connectivity index (χ3v) is 5.55. The summed E-state index contributed by atoms with van der Waals surface area (Å²) in [5.74, 6) is 0.305. The van der Waals surface area contributed by atoms with Gasteiger partial charge in [0.1, 0.15) is 0 Å². The number of pyridine rings is 2. The predicted octanol–water partition coefficient (Wildman–Crippen LogP) is 2.18. The number of hydrogen-bond acceptors (Lipinski definition) is 7. The topological polar surface area (TPSA) is 119 Å². The molecule has 1 N–H and O–H groups in total. The zero-order chi connectivity index (χ0) is 22.1. The summed E-state index contributed by atoms with van der Waals surface area (Å²) in [5, 5.41) is 11.8. The van der Waals surface area contributed by atoms with Crippen LogP contribution in [0.4, 0.5) is 0 Å². The van der Waals surface area contributed by atoms with E-state index in [4.69, 9.17) is 16.1 Å². The van der Waals surface area contributed by atoms with Crippen LogP contribution < -0.4 is 5.32 Å². The quantitative estimate of drug-likeness (QED) is 0.494. The molecule has 162 valence electrons. The molecule has 0 radical (unpaired) electrons. The number of rotatable bonds is 5. The van der Waals surface area contributed by atoms with Crippen molar-refractivity contribution in [3.8, 4) is 11.6 Å². The third kappa shape index (κ3) is 4.04. The van der Waals surface area contributed by atoms with E-state index in [0.717, 1.165) is 5.52 Å². The van der Waals surface area contributed by atoms with Crippen molar-refractivity contribution in [2.24, 2.45) is 0 Å². The average Bonchev–Trinajstić information content (AvgIpc) is 3.56. The fourth-order valence-electron chi connectivity index (χ4n) is 3.64. The van der Waals surface area contributed by atoms with Crippen LogP contribution in [0.3, 0.4) is 0 Å². The van der Waals surface area contributed by atoms with Gasteiger partial charge in [-0.2, -0.15) is 10.1 Å². The molecule has 32 heavy (non-hydrogen) atoms. The molecule has 1 aliphatic heterocycles.